The smallest absolute Gasteiger partial charge is 0.0297 e. The predicted octanol–water partition coefficient (Wildman–Crippen LogP) is 4.07. The lowest BCUT2D eigenvalue weighted by molar-refractivity contribution is 0.442. The third-order valence-corrected chi connectivity index (χ3v) is 4.61. The Morgan fingerprint density at radius 3 is 2.59 bits per heavy atom. The van der Waals surface area contributed by atoms with E-state index < -0.39 is 0 Å². The summed E-state index contributed by atoms with van der Waals surface area (Å²) in [5.74, 6) is 0.808. The van der Waals surface area contributed by atoms with E-state index in [-0.39, 0.29) is 0 Å². The zero-order valence-electron chi connectivity index (χ0n) is 10.6. The van der Waals surface area contributed by atoms with Crippen LogP contribution in [-0.2, 0) is 6.42 Å². The lowest BCUT2D eigenvalue weighted by atomic mass is 9.80. The Kier molecular flexibility index (Phi) is 3.19. The van der Waals surface area contributed by atoms with Crippen LogP contribution in [0.25, 0.3) is 0 Å². The second-order valence-corrected chi connectivity index (χ2v) is 5.79. The van der Waals surface area contributed by atoms with Gasteiger partial charge in [0.15, 0.2) is 0 Å². The number of nitrogens with two attached hydrogens (primary N) is 1. The van der Waals surface area contributed by atoms with E-state index in [4.69, 9.17) is 5.73 Å². The number of aryl methyl sites for hydroxylation is 1. The van der Waals surface area contributed by atoms with Crippen LogP contribution in [0.4, 0.5) is 0 Å². The van der Waals surface area contributed by atoms with Crippen molar-refractivity contribution in [2.45, 2.75) is 63.3 Å². The molecule has 0 saturated heterocycles. The summed E-state index contributed by atoms with van der Waals surface area (Å²) in [6.07, 6.45) is 10.7. The second kappa shape index (κ2) is 4.81. The zero-order valence-corrected chi connectivity index (χ0v) is 10.6. The van der Waals surface area contributed by atoms with Gasteiger partial charge in [-0.1, -0.05) is 37.5 Å². The van der Waals surface area contributed by atoms with Crippen LogP contribution in [0.3, 0.4) is 0 Å². The standard InChI is InChI=1S/C16H23N/c17-16-8-4-7-13-9-10-14(11-15(13)16)12-5-2-1-3-6-12/h9-12,16H,1-8,17H2. The van der Waals surface area contributed by atoms with Gasteiger partial charge in [0.25, 0.3) is 0 Å². The first-order valence-electron chi connectivity index (χ1n) is 7.23. The van der Waals surface area contributed by atoms with Crippen molar-refractivity contribution in [3.05, 3.63) is 34.9 Å². The van der Waals surface area contributed by atoms with Crippen molar-refractivity contribution in [1.29, 1.82) is 0 Å². The summed E-state index contributed by atoms with van der Waals surface area (Å²) < 4.78 is 0. The molecule has 0 bridgehead atoms. The first kappa shape index (κ1) is 11.3. The summed E-state index contributed by atoms with van der Waals surface area (Å²) >= 11 is 0. The Labute approximate surface area is 104 Å². The highest BCUT2D eigenvalue weighted by atomic mass is 14.6. The van der Waals surface area contributed by atoms with Gasteiger partial charge in [0, 0.05) is 6.04 Å². The minimum absolute atomic E-state index is 0.294. The van der Waals surface area contributed by atoms with E-state index in [1.807, 2.05) is 0 Å². The molecule has 2 aliphatic carbocycles. The van der Waals surface area contributed by atoms with E-state index in [2.05, 4.69) is 18.2 Å². The van der Waals surface area contributed by atoms with Crippen LogP contribution in [0.2, 0.25) is 0 Å². The molecule has 0 aromatic heterocycles. The minimum Gasteiger partial charge on any atom is -0.324 e. The molecular weight excluding hydrogens is 206 g/mol. The lowest BCUT2D eigenvalue weighted by Crippen LogP contribution is -2.18. The average Bonchev–Trinajstić information content (AvgIpc) is 2.40. The molecule has 1 saturated carbocycles. The summed E-state index contributed by atoms with van der Waals surface area (Å²) in [7, 11) is 0. The summed E-state index contributed by atoms with van der Waals surface area (Å²) in [4.78, 5) is 0. The van der Waals surface area contributed by atoms with Crippen LogP contribution in [0.5, 0.6) is 0 Å². The normalized spacial score (nSPS) is 25.6. The Bertz CT molecular complexity index is 391. The molecular formula is C16H23N. The molecule has 0 aliphatic heterocycles. The van der Waals surface area contributed by atoms with Gasteiger partial charge in [-0.2, -0.15) is 0 Å². The maximum Gasteiger partial charge on any atom is 0.0297 e. The van der Waals surface area contributed by atoms with Gasteiger partial charge in [-0.25, -0.2) is 0 Å². The maximum absolute atomic E-state index is 6.24. The molecule has 0 heterocycles. The largest absolute Gasteiger partial charge is 0.324 e. The molecule has 1 aromatic carbocycles. The summed E-state index contributed by atoms with van der Waals surface area (Å²) in [5.41, 5.74) is 10.7. The fourth-order valence-electron chi connectivity index (χ4n) is 3.54. The molecule has 1 heteroatoms. The van der Waals surface area contributed by atoms with Crippen LogP contribution in [0, 0.1) is 0 Å². The van der Waals surface area contributed by atoms with E-state index in [9.17, 15) is 0 Å². The maximum atomic E-state index is 6.24. The fourth-order valence-corrected chi connectivity index (χ4v) is 3.54. The highest BCUT2D eigenvalue weighted by Gasteiger charge is 2.20. The first-order valence-corrected chi connectivity index (χ1v) is 7.23. The second-order valence-electron chi connectivity index (χ2n) is 5.79. The molecule has 2 aliphatic rings. The van der Waals surface area contributed by atoms with Crippen LogP contribution in [-0.4, -0.2) is 0 Å². The Balaban J connectivity index is 1.88. The fraction of sp³-hybridized carbons (Fsp3) is 0.625. The number of hydrogen-bond acceptors (Lipinski definition) is 1. The molecule has 0 radical (unpaired) electrons. The zero-order chi connectivity index (χ0) is 11.7. The molecule has 1 atom stereocenters. The molecule has 17 heavy (non-hydrogen) atoms. The average molecular weight is 229 g/mol. The minimum atomic E-state index is 0.294. The van der Waals surface area contributed by atoms with Crippen molar-refractivity contribution in [2.24, 2.45) is 5.73 Å². The topological polar surface area (TPSA) is 26.0 Å². The number of benzene rings is 1. The van der Waals surface area contributed by atoms with Crippen molar-refractivity contribution in [3.63, 3.8) is 0 Å². The van der Waals surface area contributed by atoms with Crippen LogP contribution < -0.4 is 5.73 Å². The number of rotatable bonds is 1. The van der Waals surface area contributed by atoms with Gasteiger partial charge in [0.1, 0.15) is 0 Å². The molecule has 0 amide bonds. The molecule has 3 rings (SSSR count). The highest BCUT2D eigenvalue weighted by Crippen LogP contribution is 2.36. The van der Waals surface area contributed by atoms with Gasteiger partial charge in [0.2, 0.25) is 0 Å². The van der Waals surface area contributed by atoms with Crippen LogP contribution in [0.15, 0.2) is 18.2 Å². The highest BCUT2D eigenvalue weighted by molar-refractivity contribution is 5.37. The summed E-state index contributed by atoms with van der Waals surface area (Å²) in [6, 6.07) is 7.43. The monoisotopic (exact) mass is 229 g/mol. The molecule has 1 fully saturated rings. The van der Waals surface area contributed by atoms with Gasteiger partial charge in [-0.3, -0.25) is 0 Å². The van der Waals surface area contributed by atoms with Gasteiger partial charge in [-0.05, 0) is 54.7 Å². The molecule has 2 N–H and O–H groups in total. The van der Waals surface area contributed by atoms with Gasteiger partial charge < -0.3 is 5.73 Å². The Hall–Kier alpha value is -0.820. The first-order chi connectivity index (χ1) is 8.34. The SMILES string of the molecule is NC1CCCc2ccc(C3CCCCC3)cc21. The summed E-state index contributed by atoms with van der Waals surface area (Å²) in [6.45, 7) is 0. The predicted molar refractivity (Wildman–Crippen MR) is 72.1 cm³/mol. The Morgan fingerprint density at radius 1 is 0.941 bits per heavy atom. The summed E-state index contributed by atoms with van der Waals surface area (Å²) in [5, 5.41) is 0. The van der Waals surface area contributed by atoms with E-state index in [0.717, 1.165) is 5.92 Å². The Morgan fingerprint density at radius 2 is 1.76 bits per heavy atom. The van der Waals surface area contributed by atoms with Crippen molar-refractivity contribution < 1.29 is 0 Å². The van der Waals surface area contributed by atoms with Gasteiger partial charge >= 0.3 is 0 Å². The molecule has 1 unspecified atom stereocenters. The third kappa shape index (κ3) is 2.26. The molecule has 1 aromatic rings. The van der Waals surface area contributed by atoms with E-state index in [1.165, 1.54) is 62.5 Å². The van der Waals surface area contributed by atoms with Crippen molar-refractivity contribution in [3.8, 4) is 0 Å². The third-order valence-electron chi connectivity index (χ3n) is 4.61. The van der Waals surface area contributed by atoms with Gasteiger partial charge in [-0.15, -0.1) is 0 Å². The van der Waals surface area contributed by atoms with E-state index in [0.29, 0.717) is 6.04 Å². The van der Waals surface area contributed by atoms with E-state index >= 15 is 0 Å². The molecule has 1 nitrogen and oxygen atoms in total. The van der Waals surface area contributed by atoms with Crippen LogP contribution >= 0.6 is 0 Å². The van der Waals surface area contributed by atoms with Gasteiger partial charge in [0.05, 0.1) is 0 Å². The van der Waals surface area contributed by atoms with Crippen LogP contribution in [0.1, 0.15) is 73.6 Å². The molecule has 0 spiro atoms. The molecule has 92 valence electrons. The number of hydrogen-bond donors (Lipinski definition) is 1. The quantitative estimate of drug-likeness (QED) is 0.771. The van der Waals surface area contributed by atoms with Crippen molar-refractivity contribution >= 4 is 0 Å². The van der Waals surface area contributed by atoms with Crippen molar-refractivity contribution in [2.75, 3.05) is 0 Å². The van der Waals surface area contributed by atoms with Crippen molar-refractivity contribution in [1.82, 2.24) is 0 Å². The van der Waals surface area contributed by atoms with E-state index in [1.54, 1.807) is 5.56 Å². The number of fused-ring (bicyclic) bond motifs is 1. The lowest BCUT2D eigenvalue weighted by Gasteiger charge is -2.26.